The second kappa shape index (κ2) is 5.63. The molecule has 0 saturated carbocycles. The lowest BCUT2D eigenvalue weighted by atomic mass is 10.0. The van der Waals surface area contributed by atoms with Crippen LogP contribution >= 0.6 is 0 Å². The number of hydrogen-bond acceptors (Lipinski definition) is 5. The maximum atomic E-state index is 11.5. The summed E-state index contributed by atoms with van der Waals surface area (Å²) in [5.41, 5.74) is 0. The van der Waals surface area contributed by atoms with Crippen molar-refractivity contribution in [2.45, 2.75) is 25.3 Å². The van der Waals surface area contributed by atoms with Crippen molar-refractivity contribution in [2.75, 3.05) is 32.2 Å². The molecule has 5 nitrogen and oxygen atoms in total. The molecule has 0 spiro atoms. The van der Waals surface area contributed by atoms with Crippen LogP contribution in [0, 0.1) is 0 Å². The largest absolute Gasteiger partial charge is 0.468 e. The molecule has 0 aromatic heterocycles. The third kappa shape index (κ3) is 4.09. The minimum absolute atomic E-state index is 0.0977. The number of rotatable bonds is 4. The molecule has 1 saturated heterocycles. The van der Waals surface area contributed by atoms with Crippen LogP contribution in [0.3, 0.4) is 0 Å². The van der Waals surface area contributed by atoms with E-state index >= 15 is 0 Å². The van der Waals surface area contributed by atoms with E-state index in [4.69, 9.17) is 4.74 Å². The lowest BCUT2D eigenvalue weighted by Gasteiger charge is -2.33. The van der Waals surface area contributed by atoms with E-state index in [0.29, 0.717) is 6.54 Å². The van der Waals surface area contributed by atoms with Crippen LogP contribution in [0.1, 0.15) is 19.3 Å². The van der Waals surface area contributed by atoms with Gasteiger partial charge < -0.3 is 4.74 Å². The second-order valence-corrected chi connectivity index (χ2v) is 6.46. The van der Waals surface area contributed by atoms with Crippen molar-refractivity contribution in [3.05, 3.63) is 0 Å². The number of esters is 1. The van der Waals surface area contributed by atoms with Gasteiger partial charge in [0.2, 0.25) is 0 Å². The Labute approximate surface area is 96.7 Å². The van der Waals surface area contributed by atoms with Gasteiger partial charge in [-0.1, -0.05) is 6.42 Å². The standard InChI is InChI=1S/C10H19NO4S/c1-15-10(12)9-5-3-4-6-11(9)7-8-16(2,13)14/h9H,3-8H2,1-2H3/t9-/m1/s1. The van der Waals surface area contributed by atoms with Crippen LogP contribution < -0.4 is 0 Å². The minimum atomic E-state index is -2.97. The normalized spacial score (nSPS) is 23.0. The molecule has 0 aliphatic carbocycles. The van der Waals surface area contributed by atoms with Gasteiger partial charge in [0, 0.05) is 12.8 Å². The molecule has 0 N–H and O–H groups in total. The smallest absolute Gasteiger partial charge is 0.323 e. The molecule has 94 valence electrons. The SMILES string of the molecule is COC(=O)[C@H]1CCCCN1CCS(C)(=O)=O. The van der Waals surface area contributed by atoms with Crippen molar-refractivity contribution in [2.24, 2.45) is 0 Å². The van der Waals surface area contributed by atoms with Gasteiger partial charge in [0.25, 0.3) is 0 Å². The van der Waals surface area contributed by atoms with Crippen LogP contribution in [-0.4, -0.2) is 57.5 Å². The topological polar surface area (TPSA) is 63.7 Å². The first-order valence-electron chi connectivity index (χ1n) is 5.43. The Hall–Kier alpha value is -0.620. The monoisotopic (exact) mass is 249 g/mol. The van der Waals surface area contributed by atoms with Gasteiger partial charge in [-0.2, -0.15) is 0 Å². The summed E-state index contributed by atoms with van der Waals surface area (Å²) in [6.07, 6.45) is 3.98. The summed E-state index contributed by atoms with van der Waals surface area (Å²) >= 11 is 0. The molecule has 0 unspecified atom stereocenters. The zero-order valence-corrected chi connectivity index (χ0v) is 10.6. The van der Waals surface area contributed by atoms with E-state index in [2.05, 4.69) is 0 Å². The third-order valence-electron chi connectivity index (χ3n) is 2.84. The van der Waals surface area contributed by atoms with Crippen LogP contribution in [0.5, 0.6) is 0 Å². The predicted molar refractivity (Wildman–Crippen MR) is 60.9 cm³/mol. The molecule has 0 aromatic rings. The Bertz CT molecular complexity index is 339. The lowest BCUT2D eigenvalue weighted by molar-refractivity contribution is -0.148. The van der Waals surface area contributed by atoms with Gasteiger partial charge in [-0.3, -0.25) is 9.69 Å². The molecule has 0 aromatic carbocycles. The second-order valence-electron chi connectivity index (χ2n) is 4.20. The van der Waals surface area contributed by atoms with Crippen molar-refractivity contribution in [3.8, 4) is 0 Å². The maximum absolute atomic E-state index is 11.5. The summed E-state index contributed by atoms with van der Waals surface area (Å²) in [5, 5.41) is 0. The van der Waals surface area contributed by atoms with E-state index in [1.807, 2.05) is 4.90 Å². The average molecular weight is 249 g/mol. The zero-order valence-electron chi connectivity index (χ0n) is 9.81. The molecule has 0 amide bonds. The molecule has 16 heavy (non-hydrogen) atoms. The van der Waals surface area contributed by atoms with Crippen LogP contribution in [0.15, 0.2) is 0 Å². The number of methoxy groups -OCH3 is 1. The highest BCUT2D eigenvalue weighted by molar-refractivity contribution is 7.90. The Morgan fingerprint density at radius 2 is 2.12 bits per heavy atom. The van der Waals surface area contributed by atoms with Crippen LogP contribution in [0.2, 0.25) is 0 Å². The molecular formula is C10H19NO4S. The predicted octanol–water partition coefficient (Wildman–Crippen LogP) is 0.0585. The summed E-state index contributed by atoms with van der Waals surface area (Å²) in [5.74, 6) is -0.159. The molecule has 1 aliphatic rings. The summed E-state index contributed by atoms with van der Waals surface area (Å²) in [7, 11) is -1.61. The number of piperidine rings is 1. The van der Waals surface area contributed by atoms with Crippen LogP contribution in [0.25, 0.3) is 0 Å². The average Bonchev–Trinajstić information content (AvgIpc) is 2.25. The summed E-state index contributed by atoms with van der Waals surface area (Å²) in [6, 6.07) is -0.263. The van der Waals surface area contributed by atoms with E-state index < -0.39 is 9.84 Å². The van der Waals surface area contributed by atoms with Crippen LogP contribution in [0.4, 0.5) is 0 Å². The summed E-state index contributed by atoms with van der Waals surface area (Å²) < 4.78 is 26.9. The summed E-state index contributed by atoms with van der Waals surface area (Å²) in [4.78, 5) is 13.4. The minimum Gasteiger partial charge on any atom is -0.468 e. The van der Waals surface area contributed by atoms with E-state index in [1.54, 1.807) is 0 Å². The number of carbonyl (C=O) groups excluding carboxylic acids is 1. The Morgan fingerprint density at radius 3 is 2.69 bits per heavy atom. The van der Waals surface area contributed by atoms with Gasteiger partial charge in [-0.05, 0) is 19.4 Å². The van der Waals surface area contributed by atoms with Gasteiger partial charge in [0.05, 0.1) is 12.9 Å². The molecule has 1 aliphatic heterocycles. The van der Waals surface area contributed by atoms with E-state index in [1.165, 1.54) is 13.4 Å². The molecule has 1 fully saturated rings. The fourth-order valence-corrected chi connectivity index (χ4v) is 2.51. The molecule has 1 rings (SSSR count). The molecule has 1 heterocycles. The van der Waals surface area contributed by atoms with E-state index in [9.17, 15) is 13.2 Å². The van der Waals surface area contributed by atoms with Crippen molar-refractivity contribution in [1.82, 2.24) is 4.90 Å². The number of sulfone groups is 1. The first-order chi connectivity index (χ1) is 7.44. The third-order valence-corrected chi connectivity index (χ3v) is 3.76. The fourth-order valence-electron chi connectivity index (χ4n) is 1.94. The number of carbonyl (C=O) groups is 1. The van der Waals surface area contributed by atoms with Gasteiger partial charge in [0.1, 0.15) is 15.9 Å². The van der Waals surface area contributed by atoms with E-state index in [0.717, 1.165) is 25.8 Å². The highest BCUT2D eigenvalue weighted by Crippen LogP contribution is 2.17. The molecular weight excluding hydrogens is 230 g/mol. The van der Waals surface area contributed by atoms with Gasteiger partial charge in [0.15, 0.2) is 0 Å². The Morgan fingerprint density at radius 1 is 1.44 bits per heavy atom. The van der Waals surface area contributed by atoms with Crippen molar-refractivity contribution in [1.29, 1.82) is 0 Å². The Balaban J connectivity index is 2.57. The van der Waals surface area contributed by atoms with Crippen molar-refractivity contribution in [3.63, 3.8) is 0 Å². The highest BCUT2D eigenvalue weighted by Gasteiger charge is 2.29. The van der Waals surface area contributed by atoms with Gasteiger partial charge in [-0.25, -0.2) is 8.42 Å². The number of nitrogens with zero attached hydrogens (tertiary/aromatic N) is 1. The number of hydrogen-bond donors (Lipinski definition) is 0. The first-order valence-corrected chi connectivity index (χ1v) is 7.49. The maximum Gasteiger partial charge on any atom is 0.323 e. The van der Waals surface area contributed by atoms with E-state index in [-0.39, 0.29) is 17.8 Å². The van der Waals surface area contributed by atoms with Crippen molar-refractivity contribution < 1.29 is 17.9 Å². The molecule has 0 bridgehead atoms. The first kappa shape index (κ1) is 13.4. The summed E-state index contributed by atoms with van der Waals surface area (Å²) in [6.45, 7) is 1.19. The molecule has 0 radical (unpaired) electrons. The quantitative estimate of drug-likeness (QED) is 0.659. The zero-order chi connectivity index (χ0) is 12.2. The van der Waals surface area contributed by atoms with Gasteiger partial charge in [-0.15, -0.1) is 0 Å². The Kier molecular flexibility index (Phi) is 4.73. The van der Waals surface area contributed by atoms with Crippen LogP contribution in [-0.2, 0) is 19.4 Å². The molecule has 1 atom stereocenters. The molecule has 6 heteroatoms. The van der Waals surface area contributed by atoms with Crippen molar-refractivity contribution >= 4 is 15.8 Å². The van der Waals surface area contributed by atoms with Gasteiger partial charge >= 0.3 is 5.97 Å². The lowest BCUT2D eigenvalue weighted by Crippen LogP contribution is -2.46. The number of ether oxygens (including phenoxy) is 1. The number of likely N-dealkylation sites (tertiary alicyclic amines) is 1. The fraction of sp³-hybridized carbons (Fsp3) is 0.900. The highest BCUT2D eigenvalue weighted by atomic mass is 32.2.